The topological polar surface area (TPSA) is 75.4 Å². The monoisotopic (exact) mass is 248 g/mol. The maximum atomic E-state index is 12.1. The first-order valence-electron chi connectivity index (χ1n) is 6.44. The molecule has 1 saturated carbocycles. The Balaban J connectivity index is 2.09. The number of carbonyl (C=O) groups excluding carboxylic acids is 1. The number of aromatic hydroxyl groups is 1. The van der Waals surface area contributed by atoms with Crippen LogP contribution >= 0.6 is 0 Å². The molecule has 1 aliphatic carbocycles. The molecule has 1 fully saturated rings. The molecule has 2 atom stereocenters. The summed E-state index contributed by atoms with van der Waals surface area (Å²) < 4.78 is 0. The van der Waals surface area contributed by atoms with Crippen molar-refractivity contribution in [1.82, 2.24) is 5.32 Å². The maximum Gasteiger partial charge on any atom is 0.255 e. The number of phenols is 1. The summed E-state index contributed by atoms with van der Waals surface area (Å²) in [5, 5.41) is 12.8. The summed E-state index contributed by atoms with van der Waals surface area (Å²) in [7, 11) is 0. The minimum absolute atomic E-state index is 0.0196. The molecule has 0 radical (unpaired) electrons. The lowest BCUT2D eigenvalue weighted by atomic mass is 9.91. The number of hydrogen-bond acceptors (Lipinski definition) is 3. The van der Waals surface area contributed by atoms with Gasteiger partial charge in [0.15, 0.2) is 0 Å². The van der Waals surface area contributed by atoms with Crippen molar-refractivity contribution in [3.05, 3.63) is 29.3 Å². The van der Waals surface area contributed by atoms with Gasteiger partial charge in [-0.1, -0.05) is 25.0 Å². The van der Waals surface area contributed by atoms with E-state index in [1.807, 2.05) is 0 Å². The van der Waals surface area contributed by atoms with Crippen LogP contribution in [0.3, 0.4) is 0 Å². The van der Waals surface area contributed by atoms with Crippen molar-refractivity contribution in [3.63, 3.8) is 0 Å². The predicted molar refractivity (Wildman–Crippen MR) is 70.5 cm³/mol. The molecule has 1 aliphatic rings. The normalized spacial score (nSPS) is 23.7. The molecule has 0 aliphatic heterocycles. The fraction of sp³-hybridized carbons (Fsp3) is 0.500. The van der Waals surface area contributed by atoms with E-state index in [0.717, 1.165) is 25.7 Å². The molecule has 0 bridgehead atoms. The molecule has 18 heavy (non-hydrogen) atoms. The van der Waals surface area contributed by atoms with Gasteiger partial charge in [0.2, 0.25) is 0 Å². The van der Waals surface area contributed by atoms with Gasteiger partial charge in [-0.3, -0.25) is 4.79 Å². The molecule has 4 N–H and O–H groups in total. The van der Waals surface area contributed by atoms with Crippen molar-refractivity contribution in [2.45, 2.75) is 44.7 Å². The van der Waals surface area contributed by atoms with Crippen LogP contribution in [-0.4, -0.2) is 23.1 Å². The van der Waals surface area contributed by atoms with Crippen LogP contribution in [0.15, 0.2) is 18.2 Å². The maximum absolute atomic E-state index is 12.1. The second kappa shape index (κ2) is 5.40. The Kier molecular flexibility index (Phi) is 3.87. The van der Waals surface area contributed by atoms with E-state index in [-0.39, 0.29) is 23.7 Å². The minimum atomic E-state index is -0.237. The smallest absolute Gasteiger partial charge is 0.255 e. The average Bonchev–Trinajstić information content (AvgIpc) is 2.35. The minimum Gasteiger partial charge on any atom is -0.507 e. The first-order valence-corrected chi connectivity index (χ1v) is 6.44. The Hall–Kier alpha value is -1.55. The molecule has 1 aromatic rings. The highest BCUT2D eigenvalue weighted by Crippen LogP contribution is 2.22. The predicted octanol–water partition coefficient (Wildman–Crippen LogP) is 1.70. The Morgan fingerprint density at radius 2 is 2.11 bits per heavy atom. The van der Waals surface area contributed by atoms with Crippen LogP contribution in [0.5, 0.6) is 5.75 Å². The van der Waals surface area contributed by atoms with E-state index in [0.29, 0.717) is 11.1 Å². The van der Waals surface area contributed by atoms with Gasteiger partial charge in [0.1, 0.15) is 5.75 Å². The third-order valence-electron chi connectivity index (χ3n) is 3.62. The van der Waals surface area contributed by atoms with Crippen LogP contribution in [0.1, 0.15) is 41.6 Å². The second-order valence-electron chi connectivity index (χ2n) is 5.00. The molecule has 0 aromatic heterocycles. The van der Waals surface area contributed by atoms with E-state index in [1.54, 1.807) is 25.1 Å². The first-order chi connectivity index (χ1) is 8.59. The summed E-state index contributed by atoms with van der Waals surface area (Å²) in [6, 6.07) is 5.22. The number of carbonyl (C=O) groups is 1. The summed E-state index contributed by atoms with van der Waals surface area (Å²) in [5.74, 6) is -0.182. The molecule has 0 heterocycles. The Bertz CT molecular complexity index is 445. The lowest BCUT2D eigenvalue weighted by Crippen LogP contribution is -2.49. The highest BCUT2D eigenvalue weighted by Gasteiger charge is 2.24. The number of benzene rings is 1. The Morgan fingerprint density at radius 3 is 2.83 bits per heavy atom. The lowest BCUT2D eigenvalue weighted by Gasteiger charge is -2.29. The van der Waals surface area contributed by atoms with E-state index in [4.69, 9.17) is 5.73 Å². The van der Waals surface area contributed by atoms with Gasteiger partial charge in [-0.05, 0) is 31.4 Å². The average molecular weight is 248 g/mol. The van der Waals surface area contributed by atoms with Crippen molar-refractivity contribution in [1.29, 1.82) is 0 Å². The van der Waals surface area contributed by atoms with Gasteiger partial charge in [-0.15, -0.1) is 0 Å². The van der Waals surface area contributed by atoms with Crippen molar-refractivity contribution in [2.24, 2.45) is 5.73 Å². The van der Waals surface area contributed by atoms with Gasteiger partial charge in [0.25, 0.3) is 5.91 Å². The zero-order chi connectivity index (χ0) is 13.1. The zero-order valence-electron chi connectivity index (χ0n) is 10.6. The van der Waals surface area contributed by atoms with Crippen LogP contribution < -0.4 is 11.1 Å². The molecule has 4 nitrogen and oxygen atoms in total. The highest BCUT2D eigenvalue weighted by atomic mass is 16.3. The molecule has 0 spiro atoms. The fourth-order valence-electron chi connectivity index (χ4n) is 2.43. The molecular weight excluding hydrogens is 228 g/mol. The Morgan fingerprint density at radius 1 is 1.39 bits per heavy atom. The lowest BCUT2D eigenvalue weighted by molar-refractivity contribution is 0.0918. The number of nitrogens with one attached hydrogen (secondary N) is 1. The summed E-state index contributed by atoms with van der Waals surface area (Å²) >= 11 is 0. The summed E-state index contributed by atoms with van der Waals surface area (Å²) in [5.41, 5.74) is 7.03. The molecule has 98 valence electrons. The summed E-state index contributed by atoms with van der Waals surface area (Å²) in [4.78, 5) is 12.1. The van der Waals surface area contributed by atoms with E-state index in [2.05, 4.69) is 5.32 Å². The van der Waals surface area contributed by atoms with Crippen LogP contribution in [0.25, 0.3) is 0 Å². The van der Waals surface area contributed by atoms with E-state index >= 15 is 0 Å². The molecule has 2 rings (SSSR count). The zero-order valence-corrected chi connectivity index (χ0v) is 10.6. The third kappa shape index (κ3) is 2.64. The number of rotatable bonds is 2. The van der Waals surface area contributed by atoms with Crippen molar-refractivity contribution < 1.29 is 9.90 Å². The second-order valence-corrected chi connectivity index (χ2v) is 5.00. The van der Waals surface area contributed by atoms with E-state index in [1.165, 1.54) is 0 Å². The van der Waals surface area contributed by atoms with Gasteiger partial charge < -0.3 is 16.2 Å². The summed E-state index contributed by atoms with van der Waals surface area (Å²) in [6.45, 7) is 1.78. The molecule has 4 heteroatoms. The van der Waals surface area contributed by atoms with Crippen molar-refractivity contribution >= 4 is 5.91 Å². The van der Waals surface area contributed by atoms with Crippen molar-refractivity contribution in [2.75, 3.05) is 0 Å². The van der Waals surface area contributed by atoms with Gasteiger partial charge in [-0.25, -0.2) is 0 Å². The number of aryl methyl sites for hydroxylation is 1. The number of phenolic OH excluding ortho intramolecular Hbond substituents is 1. The van der Waals surface area contributed by atoms with Gasteiger partial charge in [0.05, 0.1) is 5.56 Å². The molecule has 1 aromatic carbocycles. The number of para-hydroxylation sites is 1. The quantitative estimate of drug-likeness (QED) is 0.745. The molecule has 0 unspecified atom stereocenters. The van der Waals surface area contributed by atoms with E-state index in [9.17, 15) is 9.90 Å². The number of amides is 1. The van der Waals surface area contributed by atoms with Crippen LogP contribution in [0.2, 0.25) is 0 Å². The highest BCUT2D eigenvalue weighted by molar-refractivity contribution is 5.97. The van der Waals surface area contributed by atoms with Crippen molar-refractivity contribution in [3.8, 4) is 5.75 Å². The van der Waals surface area contributed by atoms with Gasteiger partial charge >= 0.3 is 0 Å². The molecular formula is C14H20N2O2. The standard InChI is InChI=1S/C14H20N2O2/c1-9-5-4-6-10(13(9)17)14(18)16-12-8-3-2-7-11(12)15/h4-6,11-12,17H,2-3,7-8,15H2,1H3,(H,16,18)/t11-,12-/m1/s1. The third-order valence-corrected chi connectivity index (χ3v) is 3.62. The Labute approximate surface area is 107 Å². The van der Waals surface area contributed by atoms with Crippen LogP contribution in [0.4, 0.5) is 0 Å². The van der Waals surface area contributed by atoms with Gasteiger partial charge in [0, 0.05) is 12.1 Å². The largest absolute Gasteiger partial charge is 0.507 e. The summed E-state index contributed by atoms with van der Waals surface area (Å²) in [6.07, 6.45) is 4.09. The SMILES string of the molecule is Cc1cccc(C(=O)N[C@@H]2CCCC[C@H]2N)c1O. The van der Waals surface area contributed by atoms with Crippen LogP contribution in [0, 0.1) is 6.92 Å². The van der Waals surface area contributed by atoms with Gasteiger partial charge in [-0.2, -0.15) is 0 Å². The van der Waals surface area contributed by atoms with E-state index < -0.39 is 0 Å². The fourth-order valence-corrected chi connectivity index (χ4v) is 2.43. The van der Waals surface area contributed by atoms with Crippen LogP contribution in [-0.2, 0) is 0 Å². The molecule has 0 saturated heterocycles. The first kappa shape index (κ1) is 12.9. The number of hydrogen-bond donors (Lipinski definition) is 3. The molecule has 1 amide bonds. The number of nitrogens with two attached hydrogens (primary N) is 1.